The van der Waals surface area contributed by atoms with Crippen LogP contribution in [0.1, 0.15) is 42.1 Å². The predicted octanol–water partition coefficient (Wildman–Crippen LogP) is 4.35. The van der Waals surface area contributed by atoms with Gasteiger partial charge in [-0.3, -0.25) is 9.10 Å². The highest BCUT2D eigenvalue weighted by Crippen LogP contribution is 2.33. The van der Waals surface area contributed by atoms with Gasteiger partial charge in [-0.1, -0.05) is 36.7 Å². The lowest BCUT2D eigenvalue weighted by Crippen LogP contribution is -2.38. The number of rotatable bonds is 3. The van der Waals surface area contributed by atoms with Gasteiger partial charge < -0.3 is 4.90 Å². The maximum atomic E-state index is 13.4. The molecule has 7 heteroatoms. The molecule has 0 unspecified atom stereocenters. The largest absolute Gasteiger partial charge is 0.339 e. The number of amides is 1. The molecule has 0 N–H and O–H groups in total. The number of hydrogen-bond donors (Lipinski definition) is 0. The van der Waals surface area contributed by atoms with Crippen molar-refractivity contribution in [3.8, 4) is 0 Å². The number of piperidine rings is 1. The second kappa shape index (κ2) is 8.00. The van der Waals surface area contributed by atoms with Crippen molar-refractivity contribution >= 4 is 33.2 Å². The fraction of sp³-hybridized carbons (Fsp3) is 0.409. The SMILES string of the molecule is CC1CCN(C(=O)c2cc(S(=O)(=O)N3CCCc4ccccc43)ccc2Cl)CC1. The van der Waals surface area contributed by atoms with Gasteiger partial charge >= 0.3 is 0 Å². The molecule has 2 aliphatic rings. The molecule has 0 bridgehead atoms. The quantitative estimate of drug-likeness (QED) is 0.724. The van der Waals surface area contributed by atoms with E-state index in [1.165, 1.54) is 22.5 Å². The lowest BCUT2D eigenvalue weighted by Gasteiger charge is -2.31. The zero-order chi connectivity index (χ0) is 20.6. The summed E-state index contributed by atoms with van der Waals surface area (Å²) in [5.74, 6) is 0.401. The van der Waals surface area contributed by atoms with E-state index in [-0.39, 0.29) is 21.4 Å². The minimum atomic E-state index is -3.78. The number of halogens is 1. The molecule has 2 aromatic carbocycles. The van der Waals surface area contributed by atoms with Gasteiger partial charge in [0.05, 0.1) is 21.2 Å². The Bertz CT molecular complexity index is 1030. The van der Waals surface area contributed by atoms with Crippen LogP contribution in [0.2, 0.25) is 5.02 Å². The molecule has 0 atom stereocenters. The molecule has 2 aliphatic heterocycles. The van der Waals surface area contributed by atoms with Gasteiger partial charge in [-0.2, -0.15) is 0 Å². The first-order valence-corrected chi connectivity index (χ1v) is 11.9. The Hall–Kier alpha value is -2.05. The van der Waals surface area contributed by atoms with Crippen LogP contribution in [-0.4, -0.2) is 38.9 Å². The molecule has 1 amide bonds. The summed E-state index contributed by atoms with van der Waals surface area (Å²) in [6.07, 6.45) is 3.53. The molecule has 154 valence electrons. The molecule has 1 fully saturated rings. The standard InChI is InChI=1S/C22H25ClN2O3S/c1-16-10-13-24(14-11-16)22(26)19-15-18(8-9-20(19)23)29(27,28)25-12-4-6-17-5-2-3-7-21(17)25/h2-3,5,7-9,15-16H,4,6,10-14H2,1H3. The topological polar surface area (TPSA) is 57.7 Å². The minimum absolute atomic E-state index is 0.104. The fourth-order valence-corrected chi connectivity index (χ4v) is 5.85. The van der Waals surface area contributed by atoms with Gasteiger partial charge in [0.2, 0.25) is 0 Å². The summed E-state index contributed by atoms with van der Waals surface area (Å²) in [7, 11) is -3.78. The normalized spacial score (nSPS) is 17.9. The summed E-state index contributed by atoms with van der Waals surface area (Å²) in [5, 5.41) is 0.284. The van der Waals surface area contributed by atoms with E-state index in [1.54, 1.807) is 4.90 Å². The summed E-state index contributed by atoms with van der Waals surface area (Å²) in [4.78, 5) is 14.9. The first-order chi connectivity index (χ1) is 13.9. The highest BCUT2D eigenvalue weighted by Gasteiger charge is 2.31. The second-order valence-electron chi connectivity index (χ2n) is 7.93. The fourth-order valence-electron chi connectivity index (χ4n) is 4.09. The molecule has 2 aromatic rings. The number of sulfonamides is 1. The first-order valence-electron chi connectivity index (χ1n) is 10.1. The van der Waals surface area contributed by atoms with E-state index in [9.17, 15) is 13.2 Å². The van der Waals surface area contributed by atoms with Crippen molar-refractivity contribution in [2.75, 3.05) is 23.9 Å². The van der Waals surface area contributed by atoms with Crippen LogP contribution < -0.4 is 4.31 Å². The maximum absolute atomic E-state index is 13.4. The number of carbonyl (C=O) groups excluding carboxylic acids is 1. The molecule has 0 spiro atoms. The summed E-state index contributed by atoms with van der Waals surface area (Å²) in [5.41, 5.74) is 1.99. The summed E-state index contributed by atoms with van der Waals surface area (Å²) in [6, 6.07) is 12.0. The zero-order valence-corrected chi connectivity index (χ0v) is 18.0. The van der Waals surface area contributed by atoms with E-state index in [0.717, 1.165) is 31.2 Å². The van der Waals surface area contributed by atoms with Crippen LogP contribution in [0.25, 0.3) is 0 Å². The third-order valence-corrected chi connectivity index (χ3v) is 8.03. The maximum Gasteiger partial charge on any atom is 0.264 e. The summed E-state index contributed by atoms with van der Waals surface area (Å²) < 4.78 is 28.3. The number of hydrogen-bond acceptors (Lipinski definition) is 3. The van der Waals surface area contributed by atoms with Crippen LogP contribution in [0.4, 0.5) is 5.69 Å². The van der Waals surface area contributed by atoms with Crippen molar-refractivity contribution in [2.45, 2.75) is 37.5 Å². The molecular weight excluding hydrogens is 408 g/mol. The Morgan fingerprint density at radius 3 is 2.55 bits per heavy atom. The van der Waals surface area contributed by atoms with Gasteiger partial charge in [0.15, 0.2) is 0 Å². The highest BCUT2D eigenvalue weighted by molar-refractivity contribution is 7.92. The molecule has 4 rings (SSSR count). The van der Waals surface area contributed by atoms with E-state index < -0.39 is 10.0 Å². The van der Waals surface area contributed by atoms with Crippen LogP contribution in [0.5, 0.6) is 0 Å². The van der Waals surface area contributed by atoms with Gasteiger partial charge in [-0.25, -0.2) is 8.42 Å². The molecule has 1 saturated heterocycles. The van der Waals surface area contributed by atoms with Gasteiger partial charge in [0, 0.05) is 19.6 Å². The minimum Gasteiger partial charge on any atom is -0.339 e. The Labute approximate surface area is 177 Å². The van der Waals surface area contributed by atoms with Crippen LogP contribution in [0.15, 0.2) is 47.4 Å². The lowest BCUT2D eigenvalue weighted by atomic mass is 9.98. The van der Waals surface area contributed by atoms with Crippen molar-refractivity contribution in [2.24, 2.45) is 5.92 Å². The zero-order valence-electron chi connectivity index (χ0n) is 16.5. The monoisotopic (exact) mass is 432 g/mol. The van der Waals surface area contributed by atoms with Gasteiger partial charge in [0.25, 0.3) is 15.9 Å². The first kappa shape index (κ1) is 20.2. The van der Waals surface area contributed by atoms with E-state index >= 15 is 0 Å². The number of carbonyl (C=O) groups is 1. The van der Waals surface area contributed by atoms with Gasteiger partial charge in [0.1, 0.15) is 0 Å². The Kier molecular flexibility index (Phi) is 5.58. The molecule has 0 aromatic heterocycles. The van der Waals surface area contributed by atoms with Crippen molar-refractivity contribution in [3.05, 3.63) is 58.6 Å². The Morgan fingerprint density at radius 1 is 1.07 bits per heavy atom. The van der Waals surface area contributed by atoms with E-state index in [4.69, 9.17) is 11.6 Å². The molecule has 0 saturated carbocycles. The molecule has 29 heavy (non-hydrogen) atoms. The molecule has 2 heterocycles. The number of benzene rings is 2. The number of aryl methyl sites for hydroxylation is 1. The van der Waals surface area contributed by atoms with Crippen molar-refractivity contribution < 1.29 is 13.2 Å². The van der Waals surface area contributed by atoms with E-state index in [0.29, 0.717) is 31.2 Å². The lowest BCUT2D eigenvalue weighted by molar-refractivity contribution is 0.0697. The van der Waals surface area contributed by atoms with Crippen LogP contribution in [0.3, 0.4) is 0 Å². The molecule has 0 aliphatic carbocycles. The van der Waals surface area contributed by atoms with Crippen LogP contribution in [-0.2, 0) is 16.4 Å². The average molecular weight is 433 g/mol. The van der Waals surface area contributed by atoms with Gasteiger partial charge in [-0.05, 0) is 61.4 Å². The smallest absolute Gasteiger partial charge is 0.264 e. The van der Waals surface area contributed by atoms with Crippen LogP contribution >= 0.6 is 11.6 Å². The number of fused-ring (bicyclic) bond motifs is 1. The number of nitrogens with zero attached hydrogens (tertiary/aromatic N) is 2. The van der Waals surface area contributed by atoms with Crippen molar-refractivity contribution in [1.82, 2.24) is 4.90 Å². The average Bonchev–Trinajstić information content (AvgIpc) is 2.73. The number of likely N-dealkylation sites (tertiary alicyclic amines) is 1. The Balaban J connectivity index is 1.68. The highest BCUT2D eigenvalue weighted by atomic mass is 35.5. The van der Waals surface area contributed by atoms with Crippen molar-refractivity contribution in [1.29, 1.82) is 0 Å². The molecular formula is C22H25ClN2O3S. The molecule has 5 nitrogen and oxygen atoms in total. The summed E-state index contributed by atoms with van der Waals surface area (Å²) >= 11 is 6.30. The predicted molar refractivity (Wildman–Crippen MR) is 115 cm³/mol. The summed E-state index contributed by atoms with van der Waals surface area (Å²) in [6.45, 7) is 3.95. The number of anilines is 1. The second-order valence-corrected chi connectivity index (χ2v) is 10.2. The van der Waals surface area contributed by atoms with Gasteiger partial charge in [-0.15, -0.1) is 0 Å². The third kappa shape index (κ3) is 3.88. The van der Waals surface area contributed by atoms with Crippen LogP contribution in [0, 0.1) is 5.92 Å². The third-order valence-electron chi connectivity index (χ3n) is 5.89. The Morgan fingerprint density at radius 2 is 1.79 bits per heavy atom. The number of para-hydroxylation sites is 1. The van der Waals surface area contributed by atoms with Crippen molar-refractivity contribution in [3.63, 3.8) is 0 Å². The van der Waals surface area contributed by atoms with E-state index in [2.05, 4.69) is 6.92 Å². The molecule has 0 radical (unpaired) electrons. The van der Waals surface area contributed by atoms with E-state index in [1.807, 2.05) is 24.3 Å².